The molecule has 0 aromatic heterocycles. The Kier molecular flexibility index (Phi) is 4.25. The normalized spacial score (nSPS) is 11.9. The molecule has 1 rings (SSSR count). The van der Waals surface area contributed by atoms with Crippen molar-refractivity contribution in [1.82, 2.24) is 5.32 Å². The fourth-order valence-corrected chi connectivity index (χ4v) is 1.48. The molecule has 4 nitrogen and oxygen atoms in total. The van der Waals surface area contributed by atoms with Gasteiger partial charge in [0, 0.05) is 10.6 Å². The molecule has 6 heteroatoms. The quantitative estimate of drug-likeness (QED) is 0.777. The summed E-state index contributed by atoms with van der Waals surface area (Å²) in [4.78, 5) is 20.8. The van der Waals surface area contributed by atoms with Crippen LogP contribution in [0.15, 0.2) is 18.2 Å². The number of amides is 1. The summed E-state index contributed by atoms with van der Waals surface area (Å²) >= 11 is 5.67. The van der Waals surface area contributed by atoms with Gasteiger partial charge in [-0.1, -0.05) is 11.6 Å². The van der Waals surface area contributed by atoms with E-state index in [9.17, 15) is 14.0 Å². The highest BCUT2D eigenvalue weighted by Gasteiger charge is 2.18. The Morgan fingerprint density at radius 1 is 1.62 bits per heavy atom. The lowest BCUT2D eigenvalue weighted by atomic mass is 10.0. The van der Waals surface area contributed by atoms with Gasteiger partial charge < -0.3 is 10.4 Å². The molecular weight excluding hydrogens is 237 g/mol. The second kappa shape index (κ2) is 5.46. The zero-order valence-corrected chi connectivity index (χ0v) is 8.87. The Balaban J connectivity index is 3.03. The summed E-state index contributed by atoms with van der Waals surface area (Å²) in [5.74, 6) is -1.75. The molecule has 0 aliphatic rings. The van der Waals surface area contributed by atoms with E-state index >= 15 is 0 Å². The van der Waals surface area contributed by atoms with E-state index in [1.807, 2.05) is 0 Å². The maximum absolute atomic E-state index is 13.4. The van der Waals surface area contributed by atoms with Crippen LogP contribution in [-0.4, -0.2) is 17.5 Å². The number of carboxylic acids is 1. The van der Waals surface area contributed by atoms with Crippen molar-refractivity contribution in [3.63, 3.8) is 0 Å². The summed E-state index contributed by atoms with van der Waals surface area (Å²) in [5.41, 5.74) is 0.0574. The molecule has 0 heterocycles. The third-order valence-corrected chi connectivity index (χ3v) is 2.22. The number of halogens is 2. The summed E-state index contributed by atoms with van der Waals surface area (Å²) in [7, 11) is 0. The third kappa shape index (κ3) is 3.20. The fraction of sp³-hybridized carbons (Fsp3) is 0.200. The van der Waals surface area contributed by atoms with Crippen LogP contribution in [0.5, 0.6) is 0 Å². The van der Waals surface area contributed by atoms with Gasteiger partial charge in [0.15, 0.2) is 0 Å². The number of rotatable bonds is 5. The molecule has 86 valence electrons. The maximum Gasteiger partial charge on any atom is 0.305 e. The van der Waals surface area contributed by atoms with Gasteiger partial charge in [-0.25, -0.2) is 4.39 Å². The lowest BCUT2D eigenvalue weighted by Gasteiger charge is -2.15. The molecule has 0 bridgehead atoms. The number of hydrogen-bond acceptors (Lipinski definition) is 2. The van der Waals surface area contributed by atoms with E-state index < -0.39 is 24.2 Å². The van der Waals surface area contributed by atoms with Gasteiger partial charge >= 0.3 is 5.97 Å². The number of benzene rings is 1. The molecule has 1 aromatic carbocycles. The first-order chi connectivity index (χ1) is 7.54. The molecule has 1 atom stereocenters. The molecule has 0 spiro atoms. The summed E-state index contributed by atoms with van der Waals surface area (Å²) in [5, 5.41) is 11.1. The van der Waals surface area contributed by atoms with E-state index in [0.29, 0.717) is 6.41 Å². The fourth-order valence-electron chi connectivity index (χ4n) is 1.30. The average molecular weight is 246 g/mol. The molecule has 2 N–H and O–H groups in total. The van der Waals surface area contributed by atoms with Crippen LogP contribution in [0.25, 0.3) is 0 Å². The second-order valence-corrected chi connectivity index (χ2v) is 3.54. The summed E-state index contributed by atoms with van der Waals surface area (Å²) in [6.07, 6.45) is -0.0794. The van der Waals surface area contributed by atoms with Crippen molar-refractivity contribution in [3.8, 4) is 0 Å². The molecule has 0 fully saturated rings. The second-order valence-electron chi connectivity index (χ2n) is 3.10. The predicted molar refractivity (Wildman–Crippen MR) is 55.6 cm³/mol. The number of carbonyl (C=O) groups excluding carboxylic acids is 1. The molecule has 0 unspecified atom stereocenters. The summed E-state index contributed by atoms with van der Waals surface area (Å²) in [6.45, 7) is 0. The van der Waals surface area contributed by atoms with E-state index in [0.717, 1.165) is 6.07 Å². The van der Waals surface area contributed by atoms with Crippen LogP contribution in [0, 0.1) is 5.82 Å². The van der Waals surface area contributed by atoms with Crippen molar-refractivity contribution in [2.45, 2.75) is 12.5 Å². The average Bonchev–Trinajstić information content (AvgIpc) is 2.20. The molecule has 0 saturated heterocycles. The van der Waals surface area contributed by atoms with E-state index in [1.165, 1.54) is 12.1 Å². The molecule has 0 radical (unpaired) electrons. The van der Waals surface area contributed by atoms with Gasteiger partial charge in [0.1, 0.15) is 5.82 Å². The van der Waals surface area contributed by atoms with Crippen LogP contribution in [0.1, 0.15) is 18.0 Å². The van der Waals surface area contributed by atoms with Gasteiger partial charge in [0.2, 0.25) is 6.41 Å². The minimum Gasteiger partial charge on any atom is -0.481 e. The monoisotopic (exact) mass is 245 g/mol. The molecule has 16 heavy (non-hydrogen) atoms. The van der Waals surface area contributed by atoms with Gasteiger partial charge in [0.25, 0.3) is 0 Å². The van der Waals surface area contributed by atoms with E-state index in [2.05, 4.69) is 5.32 Å². The zero-order valence-electron chi connectivity index (χ0n) is 8.11. The van der Waals surface area contributed by atoms with Crippen molar-refractivity contribution in [2.24, 2.45) is 0 Å². The number of carboxylic acid groups (broad SMARTS) is 1. The SMILES string of the molecule is O=CN[C@H](CC(=O)O)c1cc(Cl)ccc1F. The standard InChI is InChI=1S/C10H9ClFNO3/c11-6-1-2-8(12)7(3-6)9(13-5-14)4-10(15)16/h1-3,5,9H,4H2,(H,13,14)(H,15,16)/t9-/m1/s1. The largest absolute Gasteiger partial charge is 0.481 e. The van der Waals surface area contributed by atoms with Gasteiger partial charge in [-0.15, -0.1) is 0 Å². The van der Waals surface area contributed by atoms with Crippen LogP contribution in [0.3, 0.4) is 0 Å². The minimum absolute atomic E-state index is 0.0574. The number of carbonyl (C=O) groups is 2. The van der Waals surface area contributed by atoms with Crippen molar-refractivity contribution in [3.05, 3.63) is 34.6 Å². The summed E-state index contributed by atoms with van der Waals surface area (Å²) < 4.78 is 13.4. The Bertz CT molecular complexity index is 411. The lowest BCUT2D eigenvalue weighted by molar-refractivity contribution is -0.137. The van der Waals surface area contributed by atoms with Crippen LogP contribution in [-0.2, 0) is 9.59 Å². The number of hydrogen-bond donors (Lipinski definition) is 2. The molecule has 0 aliphatic heterocycles. The molecule has 0 aliphatic carbocycles. The first-order valence-electron chi connectivity index (χ1n) is 4.41. The van der Waals surface area contributed by atoms with Crippen molar-refractivity contribution in [2.75, 3.05) is 0 Å². The van der Waals surface area contributed by atoms with Crippen LogP contribution in [0.2, 0.25) is 5.02 Å². The highest BCUT2D eigenvalue weighted by molar-refractivity contribution is 6.30. The maximum atomic E-state index is 13.4. The Morgan fingerprint density at radius 3 is 2.88 bits per heavy atom. The highest BCUT2D eigenvalue weighted by atomic mass is 35.5. The van der Waals surface area contributed by atoms with Crippen LogP contribution >= 0.6 is 11.6 Å². The minimum atomic E-state index is -1.14. The first-order valence-corrected chi connectivity index (χ1v) is 4.79. The van der Waals surface area contributed by atoms with Gasteiger partial charge in [-0.2, -0.15) is 0 Å². The van der Waals surface area contributed by atoms with E-state index in [-0.39, 0.29) is 10.6 Å². The smallest absolute Gasteiger partial charge is 0.305 e. The topological polar surface area (TPSA) is 66.4 Å². The predicted octanol–water partition coefficient (Wildman–Crippen LogP) is 1.74. The summed E-state index contributed by atoms with van der Waals surface area (Å²) in [6, 6.07) is 2.84. The Labute approximate surface area is 96.0 Å². The van der Waals surface area contributed by atoms with Crippen molar-refractivity contribution < 1.29 is 19.1 Å². The first kappa shape index (κ1) is 12.4. The van der Waals surface area contributed by atoms with Gasteiger partial charge in [-0.05, 0) is 18.2 Å². The van der Waals surface area contributed by atoms with Gasteiger partial charge in [-0.3, -0.25) is 9.59 Å². The molecular formula is C10H9ClFNO3. The third-order valence-electron chi connectivity index (χ3n) is 1.98. The van der Waals surface area contributed by atoms with E-state index in [1.54, 1.807) is 0 Å². The molecule has 1 amide bonds. The van der Waals surface area contributed by atoms with E-state index in [4.69, 9.17) is 16.7 Å². The number of aliphatic carboxylic acids is 1. The van der Waals surface area contributed by atoms with Crippen LogP contribution < -0.4 is 5.32 Å². The Morgan fingerprint density at radius 2 is 2.31 bits per heavy atom. The number of nitrogens with one attached hydrogen (secondary N) is 1. The van der Waals surface area contributed by atoms with Crippen LogP contribution in [0.4, 0.5) is 4.39 Å². The van der Waals surface area contributed by atoms with Crippen molar-refractivity contribution >= 4 is 24.0 Å². The molecule has 0 saturated carbocycles. The highest BCUT2D eigenvalue weighted by Crippen LogP contribution is 2.23. The molecule has 1 aromatic rings. The van der Waals surface area contributed by atoms with Gasteiger partial charge in [0.05, 0.1) is 12.5 Å². The van der Waals surface area contributed by atoms with Crippen molar-refractivity contribution in [1.29, 1.82) is 0 Å². The zero-order chi connectivity index (χ0) is 12.1. The Hall–Kier alpha value is -1.62. The lowest BCUT2D eigenvalue weighted by Crippen LogP contribution is -2.23.